The zero-order chi connectivity index (χ0) is 12.0. The zero-order valence-electron chi connectivity index (χ0n) is 10.3. The molecule has 16 heavy (non-hydrogen) atoms. The molecule has 0 saturated carbocycles. The van der Waals surface area contributed by atoms with Crippen LogP contribution in [0, 0.1) is 5.41 Å². The SMILES string of the molecule is CCOCC1(C)CCN(C(=O)CCCl)CC1. The van der Waals surface area contributed by atoms with Crippen LogP contribution in [0.25, 0.3) is 0 Å². The Balaban J connectivity index is 2.35. The quantitative estimate of drug-likeness (QED) is 0.698. The fourth-order valence-corrected chi connectivity index (χ4v) is 2.19. The number of amides is 1. The molecule has 0 aromatic heterocycles. The van der Waals surface area contributed by atoms with Gasteiger partial charge < -0.3 is 9.64 Å². The summed E-state index contributed by atoms with van der Waals surface area (Å²) in [6.45, 7) is 7.53. The monoisotopic (exact) mass is 247 g/mol. The molecule has 0 bridgehead atoms. The van der Waals surface area contributed by atoms with Crippen molar-refractivity contribution in [2.45, 2.75) is 33.1 Å². The maximum atomic E-state index is 11.6. The van der Waals surface area contributed by atoms with E-state index in [2.05, 4.69) is 6.92 Å². The second-order valence-electron chi connectivity index (χ2n) is 4.77. The molecule has 0 aromatic carbocycles. The molecule has 0 radical (unpaired) electrons. The van der Waals surface area contributed by atoms with Crippen molar-refractivity contribution in [3.8, 4) is 0 Å². The lowest BCUT2D eigenvalue weighted by molar-refractivity contribution is -0.133. The normalized spacial score (nSPS) is 19.8. The van der Waals surface area contributed by atoms with Gasteiger partial charge in [-0.25, -0.2) is 0 Å². The Kier molecular flexibility index (Phi) is 5.56. The summed E-state index contributed by atoms with van der Waals surface area (Å²) in [6.07, 6.45) is 2.52. The lowest BCUT2D eigenvalue weighted by atomic mass is 9.81. The van der Waals surface area contributed by atoms with E-state index in [1.807, 2.05) is 11.8 Å². The van der Waals surface area contributed by atoms with Gasteiger partial charge in [0.15, 0.2) is 0 Å². The fraction of sp³-hybridized carbons (Fsp3) is 0.917. The van der Waals surface area contributed by atoms with E-state index in [9.17, 15) is 4.79 Å². The number of rotatable bonds is 5. The summed E-state index contributed by atoms with van der Waals surface area (Å²) in [5, 5.41) is 0. The maximum absolute atomic E-state index is 11.6. The van der Waals surface area contributed by atoms with E-state index in [4.69, 9.17) is 16.3 Å². The van der Waals surface area contributed by atoms with Crippen LogP contribution in [0.15, 0.2) is 0 Å². The second-order valence-corrected chi connectivity index (χ2v) is 5.15. The highest BCUT2D eigenvalue weighted by atomic mass is 35.5. The van der Waals surface area contributed by atoms with E-state index >= 15 is 0 Å². The molecule has 1 rings (SSSR count). The number of carbonyl (C=O) groups is 1. The van der Waals surface area contributed by atoms with Crippen LogP contribution < -0.4 is 0 Å². The summed E-state index contributed by atoms with van der Waals surface area (Å²) >= 11 is 5.57. The highest BCUT2D eigenvalue weighted by molar-refractivity contribution is 6.18. The number of likely N-dealkylation sites (tertiary alicyclic amines) is 1. The molecule has 3 nitrogen and oxygen atoms in total. The van der Waals surface area contributed by atoms with E-state index in [0.717, 1.165) is 39.1 Å². The minimum Gasteiger partial charge on any atom is -0.381 e. The van der Waals surface area contributed by atoms with Gasteiger partial charge in [0.1, 0.15) is 0 Å². The Morgan fingerprint density at radius 2 is 2.06 bits per heavy atom. The highest BCUT2D eigenvalue weighted by Gasteiger charge is 2.31. The van der Waals surface area contributed by atoms with Crippen LogP contribution in [0.2, 0.25) is 0 Å². The van der Waals surface area contributed by atoms with Gasteiger partial charge in [0, 0.05) is 32.0 Å². The Bertz CT molecular complexity index is 225. The molecule has 94 valence electrons. The third-order valence-electron chi connectivity index (χ3n) is 3.29. The smallest absolute Gasteiger partial charge is 0.223 e. The fourth-order valence-electron chi connectivity index (χ4n) is 2.03. The van der Waals surface area contributed by atoms with E-state index in [1.165, 1.54) is 0 Å². The van der Waals surface area contributed by atoms with Crippen LogP contribution in [0.5, 0.6) is 0 Å². The summed E-state index contributed by atoms with van der Waals surface area (Å²) in [5.41, 5.74) is 0.244. The lowest BCUT2D eigenvalue weighted by Gasteiger charge is -2.39. The van der Waals surface area contributed by atoms with Gasteiger partial charge in [0.25, 0.3) is 0 Å². The van der Waals surface area contributed by atoms with Crippen molar-refractivity contribution < 1.29 is 9.53 Å². The Morgan fingerprint density at radius 1 is 1.44 bits per heavy atom. The number of piperidine rings is 1. The largest absolute Gasteiger partial charge is 0.381 e. The molecule has 0 spiro atoms. The summed E-state index contributed by atoms with van der Waals surface area (Å²) in [5.74, 6) is 0.611. The molecule has 0 aliphatic carbocycles. The molecule has 0 N–H and O–H groups in total. The van der Waals surface area contributed by atoms with E-state index in [0.29, 0.717) is 12.3 Å². The minimum atomic E-state index is 0.188. The first kappa shape index (κ1) is 13.8. The average Bonchev–Trinajstić information content (AvgIpc) is 2.28. The molecule has 1 saturated heterocycles. The topological polar surface area (TPSA) is 29.5 Å². The van der Waals surface area contributed by atoms with Gasteiger partial charge in [-0.15, -0.1) is 11.6 Å². The maximum Gasteiger partial charge on any atom is 0.223 e. The van der Waals surface area contributed by atoms with Crippen molar-refractivity contribution in [3.63, 3.8) is 0 Å². The van der Waals surface area contributed by atoms with Crippen LogP contribution in [0.1, 0.15) is 33.1 Å². The molecular weight excluding hydrogens is 226 g/mol. The van der Waals surface area contributed by atoms with Crippen LogP contribution in [0.3, 0.4) is 0 Å². The number of carbonyl (C=O) groups excluding carboxylic acids is 1. The lowest BCUT2D eigenvalue weighted by Crippen LogP contribution is -2.43. The molecule has 0 aromatic rings. The molecule has 0 unspecified atom stereocenters. The average molecular weight is 248 g/mol. The standard InChI is InChI=1S/C12H22ClNO2/c1-3-16-10-12(2)5-8-14(9-6-12)11(15)4-7-13/h3-10H2,1-2H3. The first-order valence-corrected chi connectivity index (χ1v) is 6.56. The minimum absolute atomic E-state index is 0.188. The summed E-state index contributed by atoms with van der Waals surface area (Å²) in [4.78, 5) is 13.6. The molecule has 1 amide bonds. The summed E-state index contributed by atoms with van der Waals surface area (Å²) < 4.78 is 5.49. The van der Waals surface area contributed by atoms with E-state index < -0.39 is 0 Å². The number of hydrogen-bond acceptors (Lipinski definition) is 2. The van der Waals surface area contributed by atoms with Gasteiger partial charge >= 0.3 is 0 Å². The van der Waals surface area contributed by atoms with Crippen LogP contribution in [0.4, 0.5) is 0 Å². The third-order valence-corrected chi connectivity index (χ3v) is 3.48. The molecule has 0 atom stereocenters. The van der Waals surface area contributed by atoms with Gasteiger partial charge in [-0.2, -0.15) is 0 Å². The molecule has 1 heterocycles. The van der Waals surface area contributed by atoms with Crippen molar-refractivity contribution in [2.24, 2.45) is 5.41 Å². The number of hydrogen-bond donors (Lipinski definition) is 0. The molecule has 1 aliphatic rings. The van der Waals surface area contributed by atoms with Gasteiger partial charge in [0.05, 0.1) is 6.61 Å². The molecule has 1 aliphatic heterocycles. The summed E-state index contributed by atoms with van der Waals surface area (Å²) in [6, 6.07) is 0. The predicted molar refractivity (Wildman–Crippen MR) is 65.8 cm³/mol. The Labute approximate surface area is 103 Å². The number of alkyl halides is 1. The molecule has 1 fully saturated rings. The van der Waals surface area contributed by atoms with Gasteiger partial charge in [-0.3, -0.25) is 4.79 Å². The summed E-state index contributed by atoms with van der Waals surface area (Å²) in [7, 11) is 0. The van der Waals surface area contributed by atoms with Gasteiger partial charge in [-0.05, 0) is 25.2 Å². The van der Waals surface area contributed by atoms with Crippen molar-refractivity contribution in [3.05, 3.63) is 0 Å². The van der Waals surface area contributed by atoms with Crippen LogP contribution in [-0.4, -0.2) is 43.0 Å². The van der Waals surface area contributed by atoms with Gasteiger partial charge in [0.2, 0.25) is 5.91 Å². The highest BCUT2D eigenvalue weighted by Crippen LogP contribution is 2.31. The Hall–Kier alpha value is -0.280. The van der Waals surface area contributed by atoms with Gasteiger partial charge in [-0.1, -0.05) is 6.92 Å². The predicted octanol–water partition coefficient (Wildman–Crippen LogP) is 2.28. The van der Waals surface area contributed by atoms with E-state index in [1.54, 1.807) is 0 Å². The second kappa shape index (κ2) is 6.45. The van der Waals surface area contributed by atoms with Crippen molar-refractivity contribution in [2.75, 3.05) is 32.2 Å². The Morgan fingerprint density at radius 3 is 2.56 bits per heavy atom. The molecular formula is C12H22ClNO2. The number of nitrogens with zero attached hydrogens (tertiary/aromatic N) is 1. The zero-order valence-corrected chi connectivity index (χ0v) is 11.1. The van der Waals surface area contributed by atoms with Crippen molar-refractivity contribution in [1.82, 2.24) is 4.90 Å². The van der Waals surface area contributed by atoms with Crippen LogP contribution in [-0.2, 0) is 9.53 Å². The van der Waals surface area contributed by atoms with Crippen molar-refractivity contribution >= 4 is 17.5 Å². The van der Waals surface area contributed by atoms with Crippen LogP contribution >= 0.6 is 11.6 Å². The molecule has 4 heteroatoms. The first-order chi connectivity index (χ1) is 7.61. The number of halogens is 1. The van der Waals surface area contributed by atoms with Crippen molar-refractivity contribution in [1.29, 1.82) is 0 Å². The van der Waals surface area contributed by atoms with E-state index in [-0.39, 0.29) is 11.3 Å². The number of ether oxygens (including phenoxy) is 1. The third kappa shape index (κ3) is 3.95. The first-order valence-electron chi connectivity index (χ1n) is 6.03.